The van der Waals surface area contributed by atoms with Gasteiger partial charge in [0.1, 0.15) is 5.00 Å². The van der Waals surface area contributed by atoms with Gasteiger partial charge in [-0.25, -0.2) is 4.79 Å². The Morgan fingerprint density at radius 1 is 1.16 bits per heavy atom. The summed E-state index contributed by atoms with van der Waals surface area (Å²) in [6.45, 7) is 4.19. The van der Waals surface area contributed by atoms with E-state index in [1.807, 2.05) is 32.0 Å². The molecule has 1 aliphatic carbocycles. The van der Waals surface area contributed by atoms with Crippen molar-refractivity contribution in [2.45, 2.75) is 52.0 Å². The average Bonchev–Trinajstić information content (AvgIpc) is 2.93. The number of fused-ring (bicyclic) bond motifs is 1. The van der Waals surface area contributed by atoms with E-state index in [9.17, 15) is 4.79 Å². The summed E-state index contributed by atoms with van der Waals surface area (Å²) in [5.41, 5.74) is 2.78. The topological polar surface area (TPSA) is 68.8 Å². The Hall–Kier alpha value is -2.32. The second-order valence-electron chi connectivity index (χ2n) is 7.42. The second kappa shape index (κ2) is 10.8. The van der Waals surface area contributed by atoms with E-state index in [2.05, 4.69) is 10.6 Å². The van der Waals surface area contributed by atoms with Crippen LogP contribution in [0.2, 0.25) is 0 Å². The number of rotatable bonds is 7. The molecule has 168 valence electrons. The van der Waals surface area contributed by atoms with Crippen LogP contribution in [0.4, 0.5) is 5.00 Å². The van der Waals surface area contributed by atoms with Gasteiger partial charge in [-0.3, -0.25) is 0 Å². The van der Waals surface area contributed by atoms with Crippen molar-refractivity contribution in [3.63, 3.8) is 0 Å². The van der Waals surface area contributed by atoms with Crippen molar-refractivity contribution in [3.05, 3.63) is 39.8 Å². The quantitative estimate of drug-likeness (QED) is 0.330. The fourth-order valence-electron chi connectivity index (χ4n) is 3.79. The smallest absolute Gasteiger partial charge is 0.341 e. The molecule has 0 aliphatic heterocycles. The maximum Gasteiger partial charge on any atom is 0.341 e. The second-order valence-corrected chi connectivity index (χ2v) is 8.94. The summed E-state index contributed by atoms with van der Waals surface area (Å²) in [5, 5.41) is 7.79. The standard InChI is InChI=1S/C23H30N2O4S2/c1-5-29-22(26)20-16-9-7-6-8-10-19(16)31-21(20)25-23(30)24-14(2)15-11-12-17(27-3)18(13-15)28-4/h11-14H,5-10H2,1-4H3,(H2,24,25,30). The Kier molecular flexibility index (Phi) is 8.15. The minimum absolute atomic E-state index is 0.0661. The monoisotopic (exact) mass is 462 g/mol. The summed E-state index contributed by atoms with van der Waals surface area (Å²) in [6.07, 6.45) is 5.33. The number of hydrogen-bond acceptors (Lipinski definition) is 6. The van der Waals surface area contributed by atoms with Crippen LogP contribution in [-0.2, 0) is 17.6 Å². The first-order chi connectivity index (χ1) is 15.0. The fourth-order valence-corrected chi connectivity index (χ4v) is 5.42. The van der Waals surface area contributed by atoms with E-state index in [0.29, 0.717) is 28.8 Å². The molecule has 1 heterocycles. The first kappa shape index (κ1) is 23.3. The number of nitrogens with one attached hydrogen (secondary N) is 2. The molecule has 0 fully saturated rings. The highest BCUT2D eigenvalue weighted by Gasteiger charge is 2.26. The summed E-state index contributed by atoms with van der Waals surface area (Å²) >= 11 is 7.19. The summed E-state index contributed by atoms with van der Waals surface area (Å²) < 4.78 is 16.1. The molecule has 31 heavy (non-hydrogen) atoms. The molecule has 2 aromatic rings. The van der Waals surface area contributed by atoms with Crippen molar-refractivity contribution < 1.29 is 19.0 Å². The van der Waals surface area contributed by atoms with Crippen LogP contribution >= 0.6 is 23.6 Å². The third-order valence-electron chi connectivity index (χ3n) is 5.38. The van der Waals surface area contributed by atoms with E-state index >= 15 is 0 Å². The van der Waals surface area contributed by atoms with Crippen LogP contribution < -0.4 is 20.1 Å². The lowest BCUT2D eigenvalue weighted by Crippen LogP contribution is -2.31. The van der Waals surface area contributed by atoms with Gasteiger partial charge in [0.2, 0.25) is 0 Å². The van der Waals surface area contributed by atoms with Crippen LogP contribution in [0.25, 0.3) is 0 Å². The zero-order valence-electron chi connectivity index (χ0n) is 18.5. The number of ether oxygens (including phenoxy) is 3. The lowest BCUT2D eigenvalue weighted by atomic mass is 10.1. The predicted molar refractivity (Wildman–Crippen MR) is 129 cm³/mol. The number of benzene rings is 1. The van der Waals surface area contributed by atoms with Gasteiger partial charge >= 0.3 is 5.97 Å². The largest absolute Gasteiger partial charge is 0.493 e. The maximum atomic E-state index is 12.7. The minimum atomic E-state index is -0.278. The van der Waals surface area contributed by atoms with Crippen LogP contribution in [-0.4, -0.2) is 31.9 Å². The third-order valence-corrected chi connectivity index (χ3v) is 6.81. The molecule has 0 saturated heterocycles. The molecule has 6 nitrogen and oxygen atoms in total. The van der Waals surface area contributed by atoms with Gasteiger partial charge in [0.15, 0.2) is 16.6 Å². The highest BCUT2D eigenvalue weighted by atomic mass is 32.1. The average molecular weight is 463 g/mol. The summed E-state index contributed by atoms with van der Waals surface area (Å²) in [5.74, 6) is 1.07. The molecule has 0 saturated carbocycles. The van der Waals surface area contributed by atoms with Gasteiger partial charge in [-0.05, 0) is 75.0 Å². The third kappa shape index (κ3) is 5.49. The van der Waals surface area contributed by atoms with Gasteiger partial charge < -0.3 is 24.8 Å². The Bertz CT molecular complexity index is 942. The molecular formula is C23H30N2O4S2. The van der Waals surface area contributed by atoms with Gasteiger partial charge in [0.05, 0.1) is 32.4 Å². The van der Waals surface area contributed by atoms with Crippen molar-refractivity contribution in [2.24, 2.45) is 0 Å². The van der Waals surface area contributed by atoms with Crippen LogP contribution in [0, 0.1) is 0 Å². The number of methoxy groups -OCH3 is 2. The number of hydrogen-bond donors (Lipinski definition) is 2. The van der Waals surface area contributed by atoms with E-state index in [1.165, 1.54) is 11.3 Å². The zero-order valence-corrected chi connectivity index (χ0v) is 20.1. The molecule has 0 bridgehead atoms. The van der Waals surface area contributed by atoms with Crippen LogP contribution in [0.1, 0.15) is 65.5 Å². The number of esters is 1. The zero-order chi connectivity index (χ0) is 22.4. The van der Waals surface area contributed by atoms with Crippen molar-refractivity contribution >= 4 is 39.6 Å². The van der Waals surface area contributed by atoms with Crippen molar-refractivity contribution in [1.29, 1.82) is 0 Å². The number of carbonyl (C=O) groups is 1. The van der Waals surface area contributed by atoms with Crippen molar-refractivity contribution in [2.75, 3.05) is 26.1 Å². The van der Waals surface area contributed by atoms with E-state index in [-0.39, 0.29) is 12.0 Å². The fraction of sp³-hybridized carbons (Fsp3) is 0.478. The molecule has 0 amide bonds. The number of thiophene rings is 1. The van der Waals surface area contributed by atoms with Crippen LogP contribution in [0.5, 0.6) is 11.5 Å². The lowest BCUT2D eigenvalue weighted by molar-refractivity contribution is 0.0527. The summed E-state index contributed by atoms with van der Waals surface area (Å²) in [7, 11) is 3.23. The van der Waals surface area contributed by atoms with Crippen LogP contribution in [0.15, 0.2) is 18.2 Å². The van der Waals surface area contributed by atoms with Gasteiger partial charge in [-0.1, -0.05) is 12.5 Å². The Labute approximate surface area is 193 Å². The molecule has 3 rings (SSSR count). The normalized spacial score (nSPS) is 14.1. The van der Waals surface area contributed by atoms with Crippen molar-refractivity contribution in [1.82, 2.24) is 5.32 Å². The Morgan fingerprint density at radius 2 is 1.90 bits per heavy atom. The van der Waals surface area contributed by atoms with E-state index < -0.39 is 0 Å². The Morgan fingerprint density at radius 3 is 2.61 bits per heavy atom. The number of carbonyl (C=O) groups excluding carboxylic acids is 1. The van der Waals surface area contributed by atoms with Crippen molar-refractivity contribution in [3.8, 4) is 11.5 Å². The first-order valence-electron chi connectivity index (χ1n) is 10.6. The highest BCUT2D eigenvalue weighted by Crippen LogP contribution is 2.38. The molecule has 0 radical (unpaired) electrons. The minimum Gasteiger partial charge on any atom is -0.493 e. The van der Waals surface area contributed by atoms with Gasteiger partial charge in [0.25, 0.3) is 0 Å². The van der Waals surface area contributed by atoms with E-state index in [1.54, 1.807) is 25.6 Å². The van der Waals surface area contributed by atoms with Gasteiger partial charge in [-0.2, -0.15) is 0 Å². The summed E-state index contributed by atoms with van der Waals surface area (Å²) in [6, 6.07) is 5.71. The molecule has 0 spiro atoms. The maximum absolute atomic E-state index is 12.7. The number of anilines is 1. The predicted octanol–water partition coefficient (Wildman–Crippen LogP) is 5.26. The molecule has 1 aliphatic rings. The summed E-state index contributed by atoms with van der Waals surface area (Å²) in [4.78, 5) is 14.0. The molecule has 1 atom stereocenters. The molecule has 2 N–H and O–H groups in total. The van der Waals surface area contributed by atoms with E-state index in [0.717, 1.165) is 41.8 Å². The lowest BCUT2D eigenvalue weighted by Gasteiger charge is -2.19. The molecule has 1 unspecified atom stereocenters. The SMILES string of the molecule is CCOC(=O)c1c(NC(=S)NC(C)c2ccc(OC)c(OC)c2)sc2c1CCCCC2. The van der Waals surface area contributed by atoms with Crippen LogP contribution in [0.3, 0.4) is 0 Å². The molecular weight excluding hydrogens is 432 g/mol. The number of thiocarbonyl (C=S) groups is 1. The molecule has 1 aromatic heterocycles. The van der Waals surface area contributed by atoms with Gasteiger partial charge in [-0.15, -0.1) is 11.3 Å². The molecule has 8 heteroatoms. The molecule has 1 aromatic carbocycles. The van der Waals surface area contributed by atoms with Gasteiger partial charge in [0, 0.05) is 4.88 Å². The van der Waals surface area contributed by atoms with E-state index in [4.69, 9.17) is 26.4 Å². The number of aryl methyl sites for hydroxylation is 1. The first-order valence-corrected chi connectivity index (χ1v) is 11.8. The highest BCUT2D eigenvalue weighted by molar-refractivity contribution is 7.80. The Balaban J connectivity index is 1.77.